The van der Waals surface area contributed by atoms with Gasteiger partial charge < -0.3 is 10.8 Å². The molecule has 0 rings (SSSR count). The molecule has 0 saturated heterocycles. The molecule has 0 spiro atoms. The van der Waals surface area contributed by atoms with Crippen molar-refractivity contribution in [2.45, 2.75) is 44.6 Å². The van der Waals surface area contributed by atoms with Gasteiger partial charge in [-0.15, -0.1) is 0 Å². The lowest BCUT2D eigenvalue weighted by Gasteiger charge is -2.40. The molecular weight excluding hydrogens is 154 g/mol. The molecule has 0 aliphatic heterocycles. The van der Waals surface area contributed by atoms with E-state index in [2.05, 4.69) is 33.9 Å². The van der Waals surface area contributed by atoms with E-state index >= 15 is 0 Å². The van der Waals surface area contributed by atoms with Crippen molar-refractivity contribution in [2.24, 2.45) is 5.73 Å². The maximum absolute atomic E-state index is 9.66. The summed E-state index contributed by atoms with van der Waals surface area (Å²) in [5.74, 6) is 0. The maximum atomic E-state index is 9.66. The van der Waals surface area contributed by atoms with Crippen LogP contribution in [0.25, 0.3) is 0 Å². The van der Waals surface area contributed by atoms with Gasteiger partial charge in [-0.2, -0.15) is 0 Å². The first-order chi connectivity index (χ1) is 4.73. The summed E-state index contributed by atoms with van der Waals surface area (Å²) in [5.41, 5.74) is 5.16. The minimum absolute atomic E-state index is 0.228. The molecule has 0 heterocycles. The van der Waals surface area contributed by atoms with E-state index < -0.39 is 8.07 Å². The van der Waals surface area contributed by atoms with Crippen molar-refractivity contribution in [3.8, 4) is 0 Å². The predicted octanol–water partition coefficient (Wildman–Crippen LogP) is 1.35. The molecule has 0 bridgehead atoms. The van der Waals surface area contributed by atoms with Gasteiger partial charge in [-0.05, 0) is 5.04 Å². The third kappa shape index (κ3) is 2.29. The van der Waals surface area contributed by atoms with Gasteiger partial charge in [0, 0.05) is 6.54 Å². The Balaban J connectivity index is 4.45. The normalized spacial score (nSPS) is 16.6. The minimum atomic E-state index is -1.58. The molecule has 0 fully saturated rings. The summed E-state index contributed by atoms with van der Waals surface area (Å²) >= 11 is 0. The zero-order chi connectivity index (χ0) is 9.28. The summed E-state index contributed by atoms with van der Waals surface area (Å²) in [6.07, 6.45) is 0. The molecule has 3 N–H and O–H groups in total. The Morgan fingerprint density at radius 1 is 1.36 bits per heavy atom. The second-order valence-corrected chi connectivity index (χ2v) is 10.3. The molecule has 11 heavy (non-hydrogen) atoms. The molecule has 3 heteroatoms. The topological polar surface area (TPSA) is 46.2 Å². The number of hydrogen-bond acceptors (Lipinski definition) is 2. The second kappa shape index (κ2) is 3.25. The summed E-state index contributed by atoms with van der Waals surface area (Å²) in [7, 11) is -1.58. The molecule has 68 valence electrons. The van der Waals surface area contributed by atoms with Gasteiger partial charge in [-0.1, -0.05) is 33.9 Å². The smallest absolute Gasteiger partial charge is 0.0881 e. The quantitative estimate of drug-likeness (QED) is 0.622. The molecule has 1 unspecified atom stereocenters. The lowest BCUT2D eigenvalue weighted by molar-refractivity contribution is 0.245. The first kappa shape index (κ1) is 11.1. The molecule has 0 aromatic heterocycles. The van der Waals surface area contributed by atoms with Gasteiger partial charge in [0.2, 0.25) is 0 Å². The standard InChI is InChI=1S/C8H21NOSi/c1-8(2,3)11(4,5)7(10)6-9/h7,10H,6,9H2,1-5H3. The van der Waals surface area contributed by atoms with Crippen LogP contribution in [0.4, 0.5) is 0 Å². The highest BCUT2D eigenvalue weighted by Crippen LogP contribution is 2.37. The molecule has 0 aliphatic carbocycles. The summed E-state index contributed by atoms with van der Waals surface area (Å²) in [4.78, 5) is 0. The third-order valence-electron chi connectivity index (χ3n) is 2.99. The average molecular weight is 175 g/mol. The van der Waals surface area contributed by atoms with Crippen LogP contribution < -0.4 is 5.73 Å². The SMILES string of the molecule is CC(C)(C)[Si](C)(C)C(O)CN. The summed E-state index contributed by atoms with van der Waals surface area (Å²) in [6.45, 7) is 11.3. The molecule has 0 aliphatic rings. The average Bonchev–Trinajstić information content (AvgIpc) is 1.83. The van der Waals surface area contributed by atoms with Gasteiger partial charge in [0.25, 0.3) is 0 Å². The maximum Gasteiger partial charge on any atom is 0.0881 e. The highest BCUT2D eigenvalue weighted by molar-refractivity contribution is 6.81. The number of rotatable bonds is 2. The molecule has 1 atom stereocenters. The highest BCUT2D eigenvalue weighted by Gasteiger charge is 2.40. The molecule has 0 aromatic carbocycles. The molecule has 0 radical (unpaired) electrons. The van der Waals surface area contributed by atoms with Crippen molar-refractivity contribution in [1.82, 2.24) is 0 Å². The zero-order valence-electron chi connectivity index (χ0n) is 8.31. The monoisotopic (exact) mass is 175 g/mol. The highest BCUT2D eigenvalue weighted by atomic mass is 28.3. The number of aliphatic hydroxyl groups excluding tert-OH is 1. The second-order valence-electron chi connectivity index (χ2n) is 4.72. The largest absolute Gasteiger partial charge is 0.395 e. The Hall–Kier alpha value is 0.137. The Kier molecular flexibility index (Phi) is 3.29. The van der Waals surface area contributed by atoms with Crippen LogP contribution in [0.15, 0.2) is 0 Å². The first-order valence-electron chi connectivity index (χ1n) is 4.11. The first-order valence-corrected chi connectivity index (χ1v) is 7.19. The zero-order valence-corrected chi connectivity index (χ0v) is 9.31. The molecule has 2 nitrogen and oxygen atoms in total. The van der Waals surface area contributed by atoms with Gasteiger partial charge >= 0.3 is 0 Å². The van der Waals surface area contributed by atoms with Crippen molar-refractivity contribution >= 4 is 8.07 Å². The van der Waals surface area contributed by atoms with Crippen LogP contribution in [0.1, 0.15) is 20.8 Å². The summed E-state index contributed by atoms with van der Waals surface area (Å²) in [5, 5.41) is 9.89. The van der Waals surface area contributed by atoms with E-state index in [9.17, 15) is 5.11 Å². The lowest BCUT2D eigenvalue weighted by Crippen LogP contribution is -2.52. The summed E-state index contributed by atoms with van der Waals surface area (Å²) in [6, 6.07) is 0. The molecule has 0 amide bonds. The minimum Gasteiger partial charge on any atom is -0.395 e. The fourth-order valence-corrected chi connectivity index (χ4v) is 2.38. The summed E-state index contributed by atoms with van der Waals surface area (Å²) < 4.78 is 0. The van der Waals surface area contributed by atoms with E-state index in [4.69, 9.17) is 5.73 Å². The van der Waals surface area contributed by atoms with E-state index in [1.165, 1.54) is 0 Å². The van der Waals surface area contributed by atoms with E-state index in [1.807, 2.05) is 0 Å². The van der Waals surface area contributed by atoms with Crippen LogP contribution in [0.2, 0.25) is 18.1 Å². The van der Waals surface area contributed by atoms with Crippen molar-refractivity contribution < 1.29 is 5.11 Å². The fraction of sp³-hybridized carbons (Fsp3) is 1.00. The number of hydrogen-bond donors (Lipinski definition) is 2. The van der Waals surface area contributed by atoms with Crippen molar-refractivity contribution in [3.05, 3.63) is 0 Å². The Bertz CT molecular complexity index is 129. The lowest BCUT2D eigenvalue weighted by atomic mass is 10.2. The molecule has 0 saturated carbocycles. The van der Waals surface area contributed by atoms with Crippen molar-refractivity contribution in [3.63, 3.8) is 0 Å². The van der Waals surface area contributed by atoms with Crippen LogP contribution in [0.3, 0.4) is 0 Å². The third-order valence-corrected chi connectivity index (χ3v) is 8.76. The van der Waals surface area contributed by atoms with Gasteiger partial charge in [-0.25, -0.2) is 0 Å². The number of nitrogens with two attached hydrogens (primary N) is 1. The fourth-order valence-electron chi connectivity index (χ4n) is 0.794. The van der Waals surface area contributed by atoms with Crippen LogP contribution in [0, 0.1) is 0 Å². The van der Waals surface area contributed by atoms with Gasteiger partial charge in [0.05, 0.1) is 13.8 Å². The van der Waals surface area contributed by atoms with Gasteiger partial charge in [0.15, 0.2) is 0 Å². The molecule has 0 aromatic rings. The molecular formula is C8H21NOSi. The Labute approximate surface area is 70.8 Å². The van der Waals surface area contributed by atoms with Crippen molar-refractivity contribution in [1.29, 1.82) is 0 Å². The predicted molar refractivity (Wildman–Crippen MR) is 52.3 cm³/mol. The van der Waals surface area contributed by atoms with E-state index in [1.54, 1.807) is 0 Å². The van der Waals surface area contributed by atoms with Crippen LogP contribution >= 0.6 is 0 Å². The van der Waals surface area contributed by atoms with Crippen molar-refractivity contribution in [2.75, 3.05) is 6.54 Å². The van der Waals surface area contributed by atoms with E-state index in [-0.39, 0.29) is 10.8 Å². The van der Waals surface area contributed by atoms with E-state index in [0.29, 0.717) is 6.54 Å². The van der Waals surface area contributed by atoms with Crippen LogP contribution in [-0.2, 0) is 0 Å². The van der Waals surface area contributed by atoms with Crippen LogP contribution in [-0.4, -0.2) is 25.5 Å². The van der Waals surface area contributed by atoms with E-state index in [0.717, 1.165) is 0 Å². The Morgan fingerprint density at radius 3 is 1.82 bits per heavy atom. The van der Waals surface area contributed by atoms with Crippen LogP contribution in [0.5, 0.6) is 0 Å². The van der Waals surface area contributed by atoms with Gasteiger partial charge in [0.1, 0.15) is 0 Å². The Morgan fingerprint density at radius 2 is 1.73 bits per heavy atom. The number of aliphatic hydroxyl groups is 1. The van der Waals surface area contributed by atoms with Gasteiger partial charge in [-0.3, -0.25) is 0 Å².